The Labute approximate surface area is 143 Å². The van der Waals surface area contributed by atoms with Gasteiger partial charge in [-0.15, -0.1) is 0 Å². The largest absolute Gasteiger partial charge is 0.480 e. The van der Waals surface area contributed by atoms with Gasteiger partial charge < -0.3 is 10.8 Å². The number of rotatable bonds is 6. The second-order valence-electron chi connectivity index (χ2n) is 5.75. The fourth-order valence-electron chi connectivity index (χ4n) is 2.48. The molecule has 2 aromatic rings. The molecule has 24 heavy (non-hydrogen) atoms. The van der Waals surface area contributed by atoms with Crippen LogP contribution in [0, 0.1) is 5.92 Å². The molecule has 4 N–H and O–H groups in total. The van der Waals surface area contributed by atoms with Crippen molar-refractivity contribution in [1.29, 1.82) is 0 Å². The molecule has 0 aliphatic heterocycles. The molecular formula is C17H20N2O4S. The van der Waals surface area contributed by atoms with Crippen LogP contribution in [0.5, 0.6) is 0 Å². The fraction of sp³-hybridized carbons (Fsp3) is 0.235. The molecule has 0 fully saturated rings. The van der Waals surface area contributed by atoms with Crippen LogP contribution in [0.25, 0.3) is 11.1 Å². The normalized spacial score (nSPS) is 13.5. The highest BCUT2D eigenvalue weighted by molar-refractivity contribution is 7.80. The van der Waals surface area contributed by atoms with Crippen LogP contribution < -0.4 is 10.0 Å². The summed E-state index contributed by atoms with van der Waals surface area (Å²) in [6, 6.07) is 13.1. The highest BCUT2D eigenvalue weighted by atomic mass is 32.2. The van der Waals surface area contributed by atoms with Gasteiger partial charge >= 0.3 is 5.97 Å². The Balaban J connectivity index is 2.37. The zero-order valence-corrected chi connectivity index (χ0v) is 14.2. The van der Waals surface area contributed by atoms with Gasteiger partial charge in [0.05, 0.1) is 5.69 Å². The van der Waals surface area contributed by atoms with Gasteiger partial charge in [-0.2, -0.15) is 0 Å². The molecule has 0 heterocycles. The van der Waals surface area contributed by atoms with Crippen LogP contribution >= 0.6 is 0 Å². The Bertz CT molecular complexity index is 729. The van der Waals surface area contributed by atoms with Gasteiger partial charge in [-0.3, -0.25) is 8.86 Å². The molecule has 2 aromatic carbocycles. The van der Waals surface area contributed by atoms with Gasteiger partial charge in [0.2, 0.25) is 0 Å². The average Bonchev–Trinajstić information content (AvgIpc) is 2.52. The monoisotopic (exact) mass is 348 g/mol. The van der Waals surface area contributed by atoms with Gasteiger partial charge in [0.15, 0.2) is 0 Å². The molecule has 0 amide bonds. The van der Waals surface area contributed by atoms with Crippen molar-refractivity contribution in [2.24, 2.45) is 5.92 Å². The van der Waals surface area contributed by atoms with Crippen molar-refractivity contribution in [2.45, 2.75) is 19.9 Å². The first-order chi connectivity index (χ1) is 11.3. The molecule has 0 aliphatic carbocycles. The second kappa shape index (κ2) is 7.46. The van der Waals surface area contributed by atoms with E-state index in [9.17, 15) is 18.7 Å². The number of carboxylic acids is 1. The van der Waals surface area contributed by atoms with E-state index in [0.29, 0.717) is 11.4 Å². The Morgan fingerprint density at radius 2 is 1.50 bits per heavy atom. The summed E-state index contributed by atoms with van der Waals surface area (Å²) < 4.78 is 22.3. The smallest absolute Gasteiger partial charge is 0.327 e. The zero-order chi connectivity index (χ0) is 17.9. The van der Waals surface area contributed by atoms with Gasteiger partial charge in [-0.25, -0.2) is 9.00 Å². The summed E-state index contributed by atoms with van der Waals surface area (Å²) in [6.07, 6.45) is 0. The van der Waals surface area contributed by atoms with E-state index in [1.165, 1.54) is 0 Å². The lowest BCUT2D eigenvalue weighted by Crippen LogP contribution is -2.45. The first-order valence-electron chi connectivity index (χ1n) is 7.40. The minimum atomic E-state index is -2.44. The first-order valence-corrected chi connectivity index (χ1v) is 8.46. The maximum atomic E-state index is 11.7. The lowest BCUT2D eigenvalue weighted by Gasteiger charge is -2.29. The molecule has 2 atom stereocenters. The highest BCUT2D eigenvalue weighted by Gasteiger charge is 2.32. The van der Waals surface area contributed by atoms with Gasteiger partial charge in [0.1, 0.15) is 6.04 Å². The van der Waals surface area contributed by atoms with Gasteiger partial charge in [0.25, 0.3) is 11.3 Å². The number of nitrogen functional groups attached to an aromatic ring is 1. The van der Waals surface area contributed by atoms with E-state index < -0.39 is 23.3 Å². The standard InChI is InChI=1S/C17H20N2O4S/c1-11(2)16(17(20)21)19(24(22)23)15-9-5-13(6-10-15)12-3-7-14(18)8-4-12/h3-11,16H,18H2,1-2H3,(H,20,21)(H,22,23). The summed E-state index contributed by atoms with van der Waals surface area (Å²) in [5, 5.41) is 9.38. The number of hydrogen-bond donors (Lipinski definition) is 3. The highest BCUT2D eigenvalue weighted by Crippen LogP contribution is 2.27. The molecule has 7 heteroatoms. The number of carbonyl (C=O) groups is 1. The SMILES string of the molecule is CC(C)C(C(=O)O)N(c1ccc(-c2ccc(N)cc2)cc1)S(=O)O. The molecule has 0 spiro atoms. The van der Waals surface area contributed by atoms with Gasteiger partial charge in [-0.1, -0.05) is 38.1 Å². The van der Waals surface area contributed by atoms with Crippen LogP contribution in [0.2, 0.25) is 0 Å². The quantitative estimate of drug-likeness (QED) is 0.550. The fourth-order valence-corrected chi connectivity index (χ4v) is 3.31. The Hall–Kier alpha value is -2.38. The van der Waals surface area contributed by atoms with Crippen molar-refractivity contribution < 1.29 is 18.7 Å². The van der Waals surface area contributed by atoms with Gasteiger partial charge in [-0.05, 0) is 41.3 Å². The predicted octanol–water partition coefficient (Wildman–Crippen LogP) is 2.99. The summed E-state index contributed by atoms with van der Waals surface area (Å²) in [4.78, 5) is 11.5. The van der Waals surface area contributed by atoms with E-state index in [2.05, 4.69) is 0 Å². The number of nitrogens with two attached hydrogens (primary N) is 1. The number of carboxylic acid groups (broad SMARTS) is 1. The number of aliphatic carboxylic acids is 1. The Kier molecular flexibility index (Phi) is 5.58. The lowest BCUT2D eigenvalue weighted by atomic mass is 10.0. The zero-order valence-electron chi connectivity index (χ0n) is 13.4. The van der Waals surface area contributed by atoms with E-state index in [4.69, 9.17) is 5.73 Å². The molecule has 128 valence electrons. The second-order valence-corrected chi connectivity index (χ2v) is 6.61. The van der Waals surface area contributed by atoms with Crippen LogP contribution in [0.15, 0.2) is 48.5 Å². The minimum Gasteiger partial charge on any atom is -0.480 e. The van der Waals surface area contributed by atoms with Crippen molar-refractivity contribution >= 4 is 28.6 Å². The van der Waals surface area contributed by atoms with Crippen molar-refractivity contribution in [3.8, 4) is 11.1 Å². The maximum Gasteiger partial charge on any atom is 0.327 e. The van der Waals surface area contributed by atoms with Crippen LogP contribution in [0.4, 0.5) is 11.4 Å². The van der Waals surface area contributed by atoms with Crippen molar-refractivity contribution in [2.75, 3.05) is 10.0 Å². The Morgan fingerprint density at radius 3 is 1.88 bits per heavy atom. The first kappa shape index (κ1) is 18.0. The number of anilines is 2. The molecule has 2 rings (SSSR count). The van der Waals surface area contributed by atoms with E-state index in [1.54, 1.807) is 50.2 Å². The van der Waals surface area contributed by atoms with Gasteiger partial charge in [0, 0.05) is 5.69 Å². The third-order valence-electron chi connectivity index (χ3n) is 3.67. The predicted molar refractivity (Wildman–Crippen MR) is 95.8 cm³/mol. The van der Waals surface area contributed by atoms with Crippen LogP contribution in [-0.4, -0.2) is 25.9 Å². The topological polar surface area (TPSA) is 104 Å². The summed E-state index contributed by atoms with van der Waals surface area (Å²) in [5.74, 6) is -1.48. The summed E-state index contributed by atoms with van der Waals surface area (Å²) >= 11 is -2.44. The van der Waals surface area contributed by atoms with E-state index in [0.717, 1.165) is 15.4 Å². The third-order valence-corrected chi connectivity index (χ3v) is 4.45. The Morgan fingerprint density at radius 1 is 1.04 bits per heavy atom. The van der Waals surface area contributed by atoms with Crippen molar-refractivity contribution in [1.82, 2.24) is 0 Å². The molecule has 0 saturated heterocycles. The summed E-state index contributed by atoms with van der Waals surface area (Å²) in [6.45, 7) is 3.39. The van der Waals surface area contributed by atoms with E-state index in [-0.39, 0.29) is 5.92 Å². The molecule has 0 aromatic heterocycles. The molecule has 0 saturated carbocycles. The number of nitrogens with zero attached hydrogens (tertiary/aromatic N) is 1. The molecular weight excluding hydrogens is 328 g/mol. The molecule has 6 nitrogen and oxygen atoms in total. The number of benzene rings is 2. The molecule has 0 aliphatic rings. The maximum absolute atomic E-state index is 11.7. The molecule has 0 bridgehead atoms. The average molecular weight is 348 g/mol. The summed E-state index contributed by atoms with van der Waals surface area (Å²) in [7, 11) is 0. The molecule has 2 unspecified atom stereocenters. The third kappa shape index (κ3) is 3.93. The van der Waals surface area contributed by atoms with Crippen molar-refractivity contribution in [3.63, 3.8) is 0 Å². The van der Waals surface area contributed by atoms with E-state index in [1.807, 2.05) is 12.1 Å². The number of hydrogen-bond acceptors (Lipinski definition) is 3. The summed E-state index contributed by atoms with van der Waals surface area (Å²) in [5.41, 5.74) is 8.56. The minimum absolute atomic E-state index is 0.338. The molecule has 0 radical (unpaired) electrons. The van der Waals surface area contributed by atoms with E-state index >= 15 is 0 Å². The van der Waals surface area contributed by atoms with Crippen LogP contribution in [-0.2, 0) is 16.1 Å². The lowest BCUT2D eigenvalue weighted by molar-refractivity contribution is -0.139. The van der Waals surface area contributed by atoms with Crippen LogP contribution in [0.3, 0.4) is 0 Å². The van der Waals surface area contributed by atoms with Crippen LogP contribution in [0.1, 0.15) is 13.8 Å². The van der Waals surface area contributed by atoms with Crippen molar-refractivity contribution in [3.05, 3.63) is 48.5 Å².